The van der Waals surface area contributed by atoms with Crippen LogP contribution in [0, 0.1) is 5.41 Å². The quantitative estimate of drug-likeness (QED) is 0.858. The molecule has 0 aromatic carbocycles. The zero-order chi connectivity index (χ0) is 13.2. The Labute approximate surface area is 109 Å². The number of rotatable bonds is 4. The Balaban J connectivity index is 2.19. The Kier molecular flexibility index (Phi) is 3.85. The largest absolute Gasteiger partial charge is 0.396 e. The molecule has 0 bridgehead atoms. The highest BCUT2D eigenvalue weighted by Crippen LogP contribution is 2.29. The predicted octanol–water partition coefficient (Wildman–Crippen LogP) is 2.17. The maximum absolute atomic E-state index is 9.20. The number of aliphatic hydroxyl groups excluding tert-OH is 1. The first-order valence-corrected chi connectivity index (χ1v) is 6.72. The van der Waals surface area contributed by atoms with Crippen LogP contribution in [0.3, 0.4) is 0 Å². The number of hydrogen-bond donors (Lipinski definition) is 2. The molecule has 1 unspecified atom stereocenters. The summed E-state index contributed by atoms with van der Waals surface area (Å²) < 4.78 is 0. The van der Waals surface area contributed by atoms with Crippen molar-refractivity contribution in [3.63, 3.8) is 0 Å². The van der Waals surface area contributed by atoms with E-state index in [-0.39, 0.29) is 18.1 Å². The van der Waals surface area contributed by atoms with E-state index in [0.717, 1.165) is 25.1 Å². The van der Waals surface area contributed by atoms with Crippen LogP contribution in [0.5, 0.6) is 0 Å². The van der Waals surface area contributed by atoms with E-state index in [1.165, 1.54) is 17.7 Å². The second-order valence-electron chi connectivity index (χ2n) is 6.08. The molecule has 0 fully saturated rings. The van der Waals surface area contributed by atoms with E-state index in [1.807, 2.05) is 0 Å². The molecule has 18 heavy (non-hydrogen) atoms. The molecule has 1 aliphatic rings. The third kappa shape index (κ3) is 2.80. The van der Waals surface area contributed by atoms with Crippen molar-refractivity contribution >= 4 is 5.82 Å². The monoisotopic (exact) mass is 249 g/mol. The maximum atomic E-state index is 9.20. The first-order chi connectivity index (χ1) is 8.52. The highest BCUT2D eigenvalue weighted by atomic mass is 16.3. The first kappa shape index (κ1) is 13.3. The van der Waals surface area contributed by atoms with Gasteiger partial charge in [0.15, 0.2) is 0 Å². The Morgan fingerprint density at radius 2 is 2.11 bits per heavy atom. The van der Waals surface area contributed by atoms with Gasteiger partial charge in [0.05, 0.1) is 0 Å². The van der Waals surface area contributed by atoms with E-state index in [4.69, 9.17) is 0 Å². The first-order valence-electron chi connectivity index (χ1n) is 6.72. The van der Waals surface area contributed by atoms with Crippen LogP contribution in [-0.2, 0) is 12.8 Å². The lowest BCUT2D eigenvalue weighted by molar-refractivity contribution is 0.235. The van der Waals surface area contributed by atoms with Crippen LogP contribution >= 0.6 is 0 Å². The molecule has 4 nitrogen and oxygen atoms in total. The average molecular weight is 249 g/mol. The summed E-state index contributed by atoms with van der Waals surface area (Å²) in [7, 11) is 0. The summed E-state index contributed by atoms with van der Waals surface area (Å²) in [5.41, 5.74) is 2.55. The number of nitrogens with one attached hydrogen (secondary N) is 1. The Bertz CT molecular complexity index is 412. The van der Waals surface area contributed by atoms with Gasteiger partial charge in [-0.25, -0.2) is 9.97 Å². The van der Waals surface area contributed by atoms with Gasteiger partial charge in [0, 0.05) is 23.9 Å². The van der Waals surface area contributed by atoms with Crippen molar-refractivity contribution < 1.29 is 5.11 Å². The molecule has 1 aliphatic carbocycles. The lowest BCUT2D eigenvalue weighted by Gasteiger charge is -2.32. The summed E-state index contributed by atoms with van der Waals surface area (Å²) in [4.78, 5) is 8.72. The van der Waals surface area contributed by atoms with Crippen LogP contribution in [-0.4, -0.2) is 27.7 Å². The van der Waals surface area contributed by atoms with E-state index >= 15 is 0 Å². The van der Waals surface area contributed by atoms with Crippen LogP contribution in [0.2, 0.25) is 0 Å². The van der Waals surface area contributed by atoms with Crippen molar-refractivity contribution in [3.8, 4) is 0 Å². The highest BCUT2D eigenvalue weighted by molar-refractivity contribution is 5.48. The van der Waals surface area contributed by atoms with Crippen LogP contribution in [0.25, 0.3) is 0 Å². The van der Waals surface area contributed by atoms with Gasteiger partial charge in [-0.1, -0.05) is 20.8 Å². The SMILES string of the molecule is CC(C)(C)C(CCO)Nc1ncnc2c1CCC2. The molecule has 0 spiro atoms. The smallest absolute Gasteiger partial charge is 0.133 e. The van der Waals surface area contributed by atoms with Gasteiger partial charge < -0.3 is 10.4 Å². The maximum Gasteiger partial charge on any atom is 0.133 e. The number of aryl methyl sites for hydroxylation is 1. The summed E-state index contributed by atoms with van der Waals surface area (Å²) in [6, 6.07) is 0.224. The Hall–Kier alpha value is -1.16. The van der Waals surface area contributed by atoms with Gasteiger partial charge in [0.25, 0.3) is 0 Å². The van der Waals surface area contributed by atoms with Crippen LogP contribution in [0.4, 0.5) is 5.82 Å². The summed E-state index contributed by atoms with van der Waals surface area (Å²) >= 11 is 0. The zero-order valence-electron chi connectivity index (χ0n) is 11.5. The molecule has 1 heterocycles. The predicted molar refractivity (Wildman–Crippen MR) is 72.6 cm³/mol. The zero-order valence-corrected chi connectivity index (χ0v) is 11.5. The fourth-order valence-electron chi connectivity index (χ4n) is 2.50. The minimum Gasteiger partial charge on any atom is -0.396 e. The molecule has 0 saturated carbocycles. The molecule has 0 amide bonds. The van der Waals surface area contributed by atoms with E-state index < -0.39 is 0 Å². The normalized spacial score (nSPS) is 16.4. The summed E-state index contributed by atoms with van der Waals surface area (Å²) in [5, 5.41) is 12.7. The van der Waals surface area contributed by atoms with Gasteiger partial charge in [-0.05, 0) is 31.1 Å². The average Bonchev–Trinajstić information content (AvgIpc) is 2.76. The molecule has 0 aliphatic heterocycles. The summed E-state index contributed by atoms with van der Waals surface area (Å²) in [6.07, 6.45) is 5.68. The molecule has 100 valence electrons. The van der Waals surface area contributed by atoms with Crippen LogP contribution in [0.15, 0.2) is 6.33 Å². The minimum absolute atomic E-state index is 0.0964. The third-order valence-corrected chi connectivity index (χ3v) is 3.65. The van der Waals surface area contributed by atoms with Gasteiger partial charge in [-0.15, -0.1) is 0 Å². The molecule has 1 aromatic heterocycles. The molecule has 2 N–H and O–H groups in total. The lowest BCUT2D eigenvalue weighted by Crippen LogP contribution is -2.35. The fourth-order valence-corrected chi connectivity index (χ4v) is 2.50. The van der Waals surface area contributed by atoms with Gasteiger partial charge in [0.2, 0.25) is 0 Å². The fraction of sp³-hybridized carbons (Fsp3) is 0.714. The van der Waals surface area contributed by atoms with E-state index in [2.05, 4.69) is 36.1 Å². The number of aromatic nitrogens is 2. The van der Waals surface area contributed by atoms with Crippen molar-refractivity contribution in [1.29, 1.82) is 0 Å². The molecule has 0 radical (unpaired) electrons. The van der Waals surface area contributed by atoms with E-state index in [1.54, 1.807) is 6.33 Å². The topological polar surface area (TPSA) is 58.0 Å². The van der Waals surface area contributed by atoms with Crippen molar-refractivity contribution in [2.45, 2.75) is 52.5 Å². The third-order valence-electron chi connectivity index (χ3n) is 3.65. The Morgan fingerprint density at radius 1 is 1.33 bits per heavy atom. The number of fused-ring (bicyclic) bond motifs is 1. The Morgan fingerprint density at radius 3 is 2.78 bits per heavy atom. The summed E-state index contributed by atoms with van der Waals surface area (Å²) in [6.45, 7) is 6.74. The van der Waals surface area contributed by atoms with E-state index in [0.29, 0.717) is 0 Å². The minimum atomic E-state index is 0.0964. The second kappa shape index (κ2) is 5.22. The molecule has 0 saturated heterocycles. The number of aliphatic hydroxyl groups is 1. The summed E-state index contributed by atoms with van der Waals surface area (Å²) in [5.74, 6) is 0.964. The highest BCUT2D eigenvalue weighted by Gasteiger charge is 2.26. The van der Waals surface area contributed by atoms with Crippen molar-refractivity contribution in [2.75, 3.05) is 11.9 Å². The second-order valence-corrected chi connectivity index (χ2v) is 6.08. The van der Waals surface area contributed by atoms with Crippen molar-refractivity contribution in [3.05, 3.63) is 17.6 Å². The molecular weight excluding hydrogens is 226 g/mol. The van der Waals surface area contributed by atoms with Gasteiger partial charge in [-0.2, -0.15) is 0 Å². The lowest BCUT2D eigenvalue weighted by atomic mass is 9.85. The van der Waals surface area contributed by atoms with Crippen molar-refractivity contribution in [2.24, 2.45) is 5.41 Å². The van der Waals surface area contributed by atoms with Gasteiger partial charge in [-0.3, -0.25) is 0 Å². The standard InChI is InChI=1S/C14H23N3O/c1-14(2,3)12(7-8-18)17-13-10-5-4-6-11(10)15-9-16-13/h9,12,18H,4-8H2,1-3H3,(H,15,16,17). The molecular formula is C14H23N3O. The van der Waals surface area contributed by atoms with Gasteiger partial charge >= 0.3 is 0 Å². The van der Waals surface area contributed by atoms with Crippen LogP contribution < -0.4 is 5.32 Å². The molecule has 1 aromatic rings. The number of hydrogen-bond acceptors (Lipinski definition) is 4. The number of anilines is 1. The van der Waals surface area contributed by atoms with Crippen molar-refractivity contribution in [1.82, 2.24) is 9.97 Å². The molecule has 4 heteroatoms. The van der Waals surface area contributed by atoms with Crippen LogP contribution in [0.1, 0.15) is 44.9 Å². The molecule has 1 atom stereocenters. The number of nitrogens with zero attached hydrogens (tertiary/aromatic N) is 2. The molecule has 2 rings (SSSR count). The van der Waals surface area contributed by atoms with Gasteiger partial charge in [0.1, 0.15) is 12.1 Å². The van der Waals surface area contributed by atoms with E-state index in [9.17, 15) is 5.11 Å².